The van der Waals surface area contributed by atoms with Crippen LogP contribution >= 0.6 is 15.9 Å². The minimum atomic E-state index is -3.75. The topological polar surface area (TPSA) is 77.0 Å². The smallest absolute Gasteiger partial charge is 0.276 e. The molecule has 30 heavy (non-hydrogen) atoms. The zero-order valence-electron chi connectivity index (χ0n) is 15.9. The van der Waals surface area contributed by atoms with Gasteiger partial charge in [0.2, 0.25) is 0 Å². The summed E-state index contributed by atoms with van der Waals surface area (Å²) in [6, 6.07) is 17.3. The second-order valence-electron chi connectivity index (χ2n) is 6.12. The van der Waals surface area contributed by atoms with E-state index in [1.165, 1.54) is 37.6 Å². The minimum absolute atomic E-state index is 0.116. The van der Waals surface area contributed by atoms with Gasteiger partial charge in [0.25, 0.3) is 10.0 Å². The molecule has 0 heterocycles. The first-order chi connectivity index (χ1) is 14.4. The first-order valence-corrected chi connectivity index (χ1v) is 11.0. The van der Waals surface area contributed by atoms with Crippen LogP contribution < -0.4 is 14.3 Å². The zero-order chi connectivity index (χ0) is 21.6. The average molecular weight is 493 g/mol. The maximum Gasteiger partial charge on any atom is 0.276 e. The summed E-state index contributed by atoms with van der Waals surface area (Å²) >= 11 is 3.43. The second-order valence-corrected chi connectivity index (χ2v) is 8.63. The lowest BCUT2D eigenvalue weighted by Gasteiger charge is -2.13. The maximum atomic E-state index is 13.0. The molecule has 9 heteroatoms. The fourth-order valence-corrected chi connectivity index (χ4v) is 3.90. The summed E-state index contributed by atoms with van der Waals surface area (Å²) in [6.07, 6.45) is 1.36. The third-order valence-electron chi connectivity index (χ3n) is 3.99. The summed E-state index contributed by atoms with van der Waals surface area (Å²) in [5.74, 6) is 0.576. The number of rotatable bonds is 8. The molecule has 0 bridgehead atoms. The van der Waals surface area contributed by atoms with Crippen molar-refractivity contribution in [3.63, 3.8) is 0 Å². The Morgan fingerprint density at radius 1 is 1.10 bits per heavy atom. The highest BCUT2D eigenvalue weighted by Gasteiger charge is 2.13. The Bertz CT molecular complexity index is 1140. The molecular formula is C21H18BrFN2O4S. The van der Waals surface area contributed by atoms with E-state index in [0.29, 0.717) is 21.5 Å². The summed E-state index contributed by atoms with van der Waals surface area (Å²) in [4.78, 5) is 2.29. The molecule has 0 aromatic heterocycles. The van der Waals surface area contributed by atoms with E-state index in [0.717, 1.165) is 5.56 Å². The van der Waals surface area contributed by atoms with Crippen LogP contribution in [0.3, 0.4) is 0 Å². The Kier molecular flexibility index (Phi) is 7.07. The van der Waals surface area contributed by atoms with Crippen molar-refractivity contribution in [2.75, 3.05) is 7.11 Å². The first kappa shape index (κ1) is 21.8. The number of hydrogen-bond donors (Lipinski definition) is 1. The Hall–Kier alpha value is -2.91. The van der Waals surface area contributed by atoms with Gasteiger partial charge in [-0.15, -0.1) is 0 Å². The molecule has 156 valence electrons. The van der Waals surface area contributed by atoms with Gasteiger partial charge in [-0.2, -0.15) is 13.5 Å². The molecule has 0 saturated heterocycles. The number of sulfonamides is 1. The van der Waals surface area contributed by atoms with Crippen molar-refractivity contribution in [3.8, 4) is 11.5 Å². The van der Waals surface area contributed by atoms with Crippen LogP contribution in [0.15, 0.2) is 81.2 Å². The molecule has 6 nitrogen and oxygen atoms in total. The summed E-state index contributed by atoms with van der Waals surface area (Å²) in [5, 5.41) is 3.82. The average Bonchev–Trinajstić information content (AvgIpc) is 2.74. The van der Waals surface area contributed by atoms with Gasteiger partial charge in [0.05, 0.1) is 22.7 Å². The van der Waals surface area contributed by atoms with Crippen molar-refractivity contribution in [3.05, 3.63) is 88.1 Å². The summed E-state index contributed by atoms with van der Waals surface area (Å²) < 4.78 is 49.2. The van der Waals surface area contributed by atoms with Crippen LogP contribution in [0.25, 0.3) is 0 Å². The fraction of sp³-hybridized carbons (Fsp3) is 0.0952. The number of halogens is 2. The van der Waals surface area contributed by atoms with Gasteiger partial charge in [-0.25, -0.2) is 9.22 Å². The molecule has 0 atom stereocenters. The van der Waals surface area contributed by atoms with Gasteiger partial charge in [-0.3, -0.25) is 0 Å². The van der Waals surface area contributed by atoms with E-state index in [4.69, 9.17) is 9.47 Å². The van der Waals surface area contributed by atoms with Crippen LogP contribution in [0.5, 0.6) is 11.5 Å². The molecule has 3 aromatic rings. The van der Waals surface area contributed by atoms with Crippen molar-refractivity contribution >= 4 is 32.2 Å². The van der Waals surface area contributed by atoms with Crippen LogP contribution in [0.1, 0.15) is 11.1 Å². The van der Waals surface area contributed by atoms with Crippen LogP contribution in [0.4, 0.5) is 4.39 Å². The fourth-order valence-electron chi connectivity index (χ4n) is 2.51. The van der Waals surface area contributed by atoms with Crippen LogP contribution in [-0.4, -0.2) is 21.7 Å². The zero-order valence-corrected chi connectivity index (χ0v) is 18.3. The van der Waals surface area contributed by atoms with E-state index in [9.17, 15) is 12.8 Å². The molecule has 0 amide bonds. The van der Waals surface area contributed by atoms with E-state index >= 15 is 0 Å². The summed E-state index contributed by atoms with van der Waals surface area (Å²) in [6.45, 7) is 0.222. The molecule has 0 radical (unpaired) electrons. The lowest BCUT2D eigenvalue weighted by molar-refractivity contribution is 0.282. The molecule has 0 spiro atoms. The van der Waals surface area contributed by atoms with Crippen molar-refractivity contribution in [1.82, 2.24) is 4.83 Å². The van der Waals surface area contributed by atoms with E-state index in [2.05, 4.69) is 25.9 Å². The van der Waals surface area contributed by atoms with E-state index in [-0.39, 0.29) is 17.3 Å². The molecule has 1 N–H and O–H groups in total. The summed E-state index contributed by atoms with van der Waals surface area (Å²) in [7, 11) is -2.26. The Morgan fingerprint density at radius 3 is 2.47 bits per heavy atom. The number of hydrazone groups is 1. The van der Waals surface area contributed by atoms with Crippen LogP contribution in [0.2, 0.25) is 0 Å². The van der Waals surface area contributed by atoms with Crippen molar-refractivity contribution < 1.29 is 22.3 Å². The van der Waals surface area contributed by atoms with Gasteiger partial charge < -0.3 is 9.47 Å². The van der Waals surface area contributed by atoms with E-state index in [1.807, 2.05) is 0 Å². The van der Waals surface area contributed by atoms with E-state index < -0.39 is 10.0 Å². The molecule has 0 saturated carbocycles. The highest BCUT2D eigenvalue weighted by atomic mass is 79.9. The third kappa shape index (κ3) is 5.58. The molecule has 0 aliphatic rings. The maximum absolute atomic E-state index is 13.0. The Labute approximate surface area is 182 Å². The van der Waals surface area contributed by atoms with Crippen molar-refractivity contribution in [2.24, 2.45) is 5.10 Å². The predicted octanol–water partition coefficient (Wildman–Crippen LogP) is 4.49. The largest absolute Gasteiger partial charge is 0.493 e. The predicted molar refractivity (Wildman–Crippen MR) is 116 cm³/mol. The Morgan fingerprint density at radius 2 is 1.80 bits per heavy atom. The first-order valence-electron chi connectivity index (χ1n) is 8.74. The number of methoxy groups -OCH3 is 1. The normalized spacial score (nSPS) is 11.4. The number of benzene rings is 3. The lowest BCUT2D eigenvalue weighted by Crippen LogP contribution is -2.18. The highest BCUT2D eigenvalue weighted by Crippen LogP contribution is 2.36. The molecule has 0 fully saturated rings. The molecule has 3 aromatic carbocycles. The van der Waals surface area contributed by atoms with Crippen LogP contribution in [0, 0.1) is 5.82 Å². The van der Waals surface area contributed by atoms with Gasteiger partial charge in [0.15, 0.2) is 11.5 Å². The lowest BCUT2D eigenvalue weighted by atomic mass is 10.2. The molecule has 0 aliphatic heterocycles. The summed E-state index contributed by atoms with van der Waals surface area (Å²) in [5.41, 5.74) is 1.38. The SMILES string of the molecule is COc1cc(/C=N\NS(=O)(=O)c2ccccc2)cc(Br)c1OCc1ccc(F)cc1. The standard InChI is InChI=1S/C21H18BrFN2O4S/c1-28-20-12-16(13-24-25-30(26,27)18-5-3-2-4-6-18)11-19(22)21(20)29-14-15-7-9-17(23)10-8-15/h2-13,25H,14H2,1H3/b24-13-. The number of ether oxygens (including phenoxy) is 2. The second kappa shape index (κ2) is 9.73. The third-order valence-corrected chi connectivity index (χ3v) is 5.82. The number of hydrogen-bond acceptors (Lipinski definition) is 5. The minimum Gasteiger partial charge on any atom is -0.493 e. The number of nitrogens with zero attached hydrogens (tertiary/aromatic N) is 1. The van der Waals surface area contributed by atoms with Crippen LogP contribution in [-0.2, 0) is 16.6 Å². The quantitative estimate of drug-likeness (QED) is 0.371. The monoisotopic (exact) mass is 492 g/mol. The van der Waals surface area contributed by atoms with Gasteiger partial charge in [0, 0.05) is 0 Å². The molecule has 0 aliphatic carbocycles. The Balaban J connectivity index is 1.73. The number of nitrogens with one attached hydrogen (secondary N) is 1. The van der Waals surface area contributed by atoms with Crippen molar-refractivity contribution in [2.45, 2.75) is 11.5 Å². The van der Waals surface area contributed by atoms with Gasteiger partial charge >= 0.3 is 0 Å². The van der Waals surface area contributed by atoms with E-state index in [1.54, 1.807) is 42.5 Å². The van der Waals surface area contributed by atoms with Gasteiger partial charge in [-0.05, 0) is 63.5 Å². The van der Waals surface area contributed by atoms with Crippen molar-refractivity contribution in [1.29, 1.82) is 0 Å². The molecule has 3 rings (SSSR count). The molecular weight excluding hydrogens is 475 g/mol. The van der Waals surface area contributed by atoms with Gasteiger partial charge in [-0.1, -0.05) is 30.3 Å². The highest BCUT2D eigenvalue weighted by molar-refractivity contribution is 9.10. The molecule has 0 unspecified atom stereocenters. The van der Waals surface area contributed by atoms with Gasteiger partial charge in [0.1, 0.15) is 12.4 Å².